The van der Waals surface area contributed by atoms with E-state index in [1.807, 2.05) is 16.7 Å². The Kier molecular flexibility index (Phi) is 2.37. The van der Waals surface area contributed by atoms with Gasteiger partial charge in [0.1, 0.15) is 5.69 Å². The highest BCUT2D eigenvalue weighted by Crippen LogP contribution is 2.19. The van der Waals surface area contributed by atoms with Gasteiger partial charge in [-0.15, -0.1) is 0 Å². The number of rotatable bonds is 2. The van der Waals surface area contributed by atoms with Crippen LogP contribution in [0.2, 0.25) is 0 Å². The first kappa shape index (κ1) is 9.40. The van der Waals surface area contributed by atoms with Crippen molar-refractivity contribution in [2.75, 3.05) is 0 Å². The van der Waals surface area contributed by atoms with Crippen molar-refractivity contribution in [3.8, 4) is 0 Å². The van der Waals surface area contributed by atoms with E-state index in [4.69, 9.17) is 0 Å². The lowest BCUT2D eigenvalue weighted by Crippen LogP contribution is -1.88. The zero-order valence-corrected chi connectivity index (χ0v) is 9.28. The molecule has 0 N–H and O–H groups in total. The minimum absolute atomic E-state index is 0.457. The molecule has 0 aliphatic heterocycles. The molecule has 0 aliphatic rings. The summed E-state index contributed by atoms with van der Waals surface area (Å²) in [7, 11) is 0. The number of aryl methyl sites for hydroxylation is 1. The van der Waals surface area contributed by atoms with Gasteiger partial charge in [-0.1, -0.05) is 6.92 Å². The molecule has 0 aliphatic carbocycles. The minimum atomic E-state index is 0.457. The maximum atomic E-state index is 10.6. The van der Waals surface area contributed by atoms with Gasteiger partial charge in [0.25, 0.3) is 0 Å². The number of carbonyl (C=O) groups excluding carboxylic acids is 1. The summed E-state index contributed by atoms with van der Waals surface area (Å²) < 4.78 is 2.79. The Bertz CT molecular complexity index is 490. The summed E-state index contributed by atoms with van der Waals surface area (Å²) in [6, 6.07) is 2.02. The van der Waals surface area contributed by atoms with Gasteiger partial charge in [-0.25, -0.2) is 4.98 Å². The molecule has 0 saturated carbocycles. The average Bonchev–Trinajstić information content (AvgIpc) is 2.61. The van der Waals surface area contributed by atoms with Crippen LogP contribution in [-0.2, 0) is 6.42 Å². The molecule has 2 aromatic rings. The summed E-state index contributed by atoms with van der Waals surface area (Å²) in [6.45, 7) is 2.09. The molecule has 2 aromatic heterocycles. The Hall–Kier alpha value is -1.16. The normalized spacial score (nSPS) is 10.7. The number of aromatic nitrogens is 2. The van der Waals surface area contributed by atoms with Crippen LogP contribution in [0.3, 0.4) is 0 Å². The van der Waals surface area contributed by atoms with Crippen molar-refractivity contribution in [1.29, 1.82) is 0 Å². The lowest BCUT2D eigenvalue weighted by atomic mass is 10.2. The van der Waals surface area contributed by atoms with Crippen LogP contribution in [0.4, 0.5) is 0 Å². The number of nitrogens with zero attached hydrogens (tertiary/aromatic N) is 2. The van der Waals surface area contributed by atoms with Crippen molar-refractivity contribution >= 4 is 27.9 Å². The van der Waals surface area contributed by atoms with E-state index in [-0.39, 0.29) is 0 Å². The molecular formula is C10H9BrN2O. The third-order valence-corrected chi connectivity index (χ3v) is 2.69. The summed E-state index contributed by atoms with van der Waals surface area (Å²) in [5, 5.41) is 0. The fraction of sp³-hybridized carbons (Fsp3) is 0.200. The fourth-order valence-electron chi connectivity index (χ4n) is 1.38. The molecule has 14 heavy (non-hydrogen) atoms. The maximum Gasteiger partial charge on any atom is 0.170 e. The van der Waals surface area contributed by atoms with Crippen molar-refractivity contribution < 1.29 is 4.79 Å². The molecule has 72 valence electrons. The van der Waals surface area contributed by atoms with E-state index in [0.717, 1.165) is 22.8 Å². The molecule has 0 atom stereocenters. The van der Waals surface area contributed by atoms with Crippen LogP contribution in [-0.4, -0.2) is 15.7 Å². The van der Waals surface area contributed by atoms with Gasteiger partial charge in [0.05, 0.1) is 4.47 Å². The Morgan fingerprint density at radius 3 is 3.00 bits per heavy atom. The van der Waals surface area contributed by atoms with Gasteiger partial charge in [0.15, 0.2) is 11.9 Å². The highest BCUT2D eigenvalue weighted by molar-refractivity contribution is 9.10. The van der Waals surface area contributed by atoms with Gasteiger partial charge in [-0.2, -0.15) is 0 Å². The highest BCUT2D eigenvalue weighted by Gasteiger charge is 2.05. The van der Waals surface area contributed by atoms with Crippen LogP contribution in [0, 0.1) is 0 Å². The standard InChI is InChI=1S/C10H9BrN2O/c1-2-7-3-9(11)10-12-8(6-14)5-13(10)4-7/h3-6H,2H2,1H3. The van der Waals surface area contributed by atoms with Crippen molar-refractivity contribution in [1.82, 2.24) is 9.38 Å². The fourth-order valence-corrected chi connectivity index (χ4v) is 1.97. The highest BCUT2D eigenvalue weighted by atomic mass is 79.9. The number of hydrogen-bond acceptors (Lipinski definition) is 2. The first-order valence-electron chi connectivity index (χ1n) is 4.37. The Labute approximate surface area is 89.9 Å². The molecular weight excluding hydrogens is 244 g/mol. The molecule has 2 heterocycles. The third kappa shape index (κ3) is 1.46. The summed E-state index contributed by atoms with van der Waals surface area (Å²) >= 11 is 3.43. The van der Waals surface area contributed by atoms with Gasteiger partial charge < -0.3 is 4.40 Å². The molecule has 0 bridgehead atoms. The summed E-state index contributed by atoms with van der Waals surface area (Å²) in [4.78, 5) is 14.7. The predicted molar refractivity (Wildman–Crippen MR) is 57.7 cm³/mol. The van der Waals surface area contributed by atoms with Crippen LogP contribution >= 0.6 is 15.9 Å². The van der Waals surface area contributed by atoms with Gasteiger partial charge >= 0.3 is 0 Å². The molecule has 0 fully saturated rings. The first-order chi connectivity index (χ1) is 6.74. The zero-order chi connectivity index (χ0) is 10.1. The summed E-state index contributed by atoms with van der Waals surface area (Å²) in [5.41, 5.74) is 2.45. The molecule has 3 nitrogen and oxygen atoms in total. The second-order valence-electron chi connectivity index (χ2n) is 3.06. The van der Waals surface area contributed by atoms with E-state index in [2.05, 4.69) is 27.8 Å². The molecule has 4 heteroatoms. The number of fused-ring (bicyclic) bond motifs is 1. The van der Waals surface area contributed by atoms with Gasteiger partial charge in [0, 0.05) is 12.4 Å². The lowest BCUT2D eigenvalue weighted by Gasteiger charge is -2.00. The lowest BCUT2D eigenvalue weighted by molar-refractivity contribution is 0.111. The largest absolute Gasteiger partial charge is 0.305 e. The van der Waals surface area contributed by atoms with Crippen molar-refractivity contribution in [3.05, 3.63) is 34.2 Å². The number of hydrogen-bond donors (Lipinski definition) is 0. The molecule has 2 rings (SSSR count). The molecule has 0 saturated heterocycles. The first-order valence-corrected chi connectivity index (χ1v) is 5.16. The molecule has 0 unspecified atom stereocenters. The zero-order valence-electron chi connectivity index (χ0n) is 7.70. The topological polar surface area (TPSA) is 34.4 Å². The van der Waals surface area contributed by atoms with Crippen molar-refractivity contribution in [3.63, 3.8) is 0 Å². The van der Waals surface area contributed by atoms with E-state index in [1.165, 1.54) is 5.56 Å². The quantitative estimate of drug-likeness (QED) is 0.770. The number of halogens is 1. The maximum absolute atomic E-state index is 10.6. The number of carbonyl (C=O) groups is 1. The van der Waals surface area contributed by atoms with E-state index >= 15 is 0 Å². The average molecular weight is 253 g/mol. The SMILES string of the molecule is CCc1cc(Br)c2nc(C=O)cn2c1. The minimum Gasteiger partial charge on any atom is -0.305 e. The monoisotopic (exact) mass is 252 g/mol. The summed E-state index contributed by atoms with van der Waals surface area (Å²) in [6.07, 6.45) is 5.43. The van der Waals surface area contributed by atoms with E-state index in [1.54, 1.807) is 6.20 Å². The second-order valence-corrected chi connectivity index (χ2v) is 3.92. The number of imidazole rings is 1. The van der Waals surface area contributed by atoms with Crippen LogP contribution < -0.4 is 0 Å². The molecule has 0 radical (unpaired) electrons. The molecule has 0 aromatic carbocycles. The van der Waals surface area contributed by atoms with Gasteiger partial charge in [0.2, 0.25) is 0 Å². The van der Waals surface area contributed by atoms with Gasteiger partial charge in [-0.05, 0) is 34.0 Å². The second kappa shape index (κ2) is 3.53. The smallest absolute Gasteiger partial charge is 0.170 e. The Morgan fingerprint density at radius 1 is 1.57 bits per heavy atom. The van der Waals surface area contributed by atoms with E-state index in [9.17, 15) is 4.79 Å². The molecule has 0 spiro atoms. The van der Waals surface area contributed by atoms with Crippen molar-refractivity contribution in [2.24, 2.45) is 0 Å². The molecule has 0 amide bonds. The van der Waals surface area contributed by atoms with Crippen LogP contribution in [0.15, 0.2) is 22.9 Å². The Morgan fingerprint density at radius 2 is 2.36 bits per heavy atom. The van der Waals surface area contributed by atoms with Crippen molar-refractivity contribution in [2.45, 2.75) is 13.3 Å². The Balaban J connectivity index is 2.73. The van der Waals surface area contributed by atoms with E-state index in [0.29, 0.717) is 5.69 Å². The summed E-state index contributed by atoms with van der Waals surface area (Å²) in [5.74, 6) is 0. The number of pyridine rings is 1. The predicted octanol–water partition coefficient (Wildman–Crippen LogP) is 2.47. The third-order valence-electron chi connectivity index (χ3n) is 2.11. The van der Waals surface area contributed by atoms with Gasteiger partial charge in [-0.3, -0.25) is 4.79 Å². The van der Waals surface area contributed by atoms with E-state index < -0.39 is 0 Å². The van der Waals surface area contributed by atoms with Crippen LogP contribution in [0.25, 0.3) is 5.65 Å². The van der Waals surface area contributed by atoms with Crippen LogP contribution in [0.5, 0.6) is 0 Å². The van der Waals surface area contributed by atoms with Crippen LogP contribution in [0.1, 0.15) is 23.0 Å². The number of aldehydes is 1.